The summed E-state index contributed by atoms with van der Waals surface area (Å²) in [7, 11) is 1.65. The Morgan fingerprint density at radius 3 is 2.59 bits per heavy atom. The molecule has 3 unspecified atom stereocenters. The van der Waals surface area contributed by atoms with Crippen molar-refractivity contribution < 1.29 is 9.84 Å². The molecule has 0 aliphatic heterocycles. The second kappa shape index (κ2) is 6.38. The highest BCUT2D eigenvalue weighted by molar-refractivity contribution is 9.10. The van der Waals surface area contributed by atoms with E-state index in [1.54, 1.807) is 7.11 Å². The van der Waals surface area contributed by atoms with Gasteiger partial charge in [-0.15, -0.1) is 0 Å². The predicted molar refractivity (Wildman–Crippen MR) is 73.4 cm³/mol. The van der Waals surface area contributed by atoms with Crippen LogP contribution in [0, 0.1) is 0 Å². The molecule has 0 saturated carbocycles. The van der Waals surface area contributed by atoms with Crippen molar-refractivity contribution in [1.29, 1.82) is 0 Å². The predicted octanol–water partition coefficient (Wildman–Crippen LogP) is 2.66. The molecule has 0 aromatic heterocycles. The van der Waals surface area contributed by atoms with Crippen LogP contribution >= 0.6 is 15.9 Å². The van der Waals surface area contributed by atoms with Gasteiger partial charge in [0, 0.05) is 10.5 Å². The van der Waals surface area contributed by atoms with Gasteiger partial charge < -0.3 is 15.6 Å². The third kappa shape index (κ3) is 3.98. The third-order valence-corrected chi connectivity index (χ3v) is 3.42. The first-order chi connectivity index (χ1) is 7.95. The van der Waals surface area contributed by atoms with Crippen LogP contribution < -0.4 is 10.5 Å². The highest BCUT2D eigenvalue weighted by Gasteiger charge is 2.18. The van der Waals surface area contributed by atoms with Gasteiger partial charge in [0.05, 0.1) is 13.2 Å². The average Bonchev–Trinajstić information content (AvgIpc) is 2.28. The van der Waals surface area contributed by atoms with Gasteiger partial charge in [-0.1, -0.05) is 22.9 Å². The summed E-state index contributed by atoms with van der Waals surface area (Å²) in [5.74, 6) is 1.04. The monoisotopic (exact) mass is 301 g/mol. The van der Waals surface area contributed by atoms with Crippen LogP contribution in [0.3, 0.4) is 0 Å². The largest absolute Gasteiger partial charge is 0.496 e. The molecule has 3 N–H and O–H groups in total. The van der Waals surface area contributed by atoms with Crippen molar-refractivity contribution in [1.82, 2.24) is 0 Å². The molecule has 4 heteroatoms. The Morgan fingerprint density at radius 1 is 1.41 bits per heavy atom. The van der Waals surface area contributed by atoms with Crippen molar-refractivity contribution in [3.63, 3.8) is 0 Å². The van der Waals surface area contributed by atoms with Gasteiger partial charge in [-0.2, -0.15) is 0 Å². The molecule has 0 fully saturated rings. The van der Waals surface area contributed by atoms with Crippen LogP contribution in [0.25, 0.3) is 0 Å². The van der Waals surface area contributed by atoms with Gasteiger partial charge in [0.15, 0.2) is 0 Å². The molecule has 0 bridgehead atoms. The first kappa shape index (κ1) is 14.5. The zero-order valence-corrected chi connectivity index (χ0v) is 12.1. The number of hydrogen-bond acceptors (Lipinski definition) is 3. The highest BCUT2D eigenvalue weighted by atomic mass is 79.9. The standard InChI is InChI=1S/C13H20BrNO2/c1-8(6-12(16)9(2)15)11-7-10(14)4-5-13(11)17-3/h4-5,7-9,12,16H,6,15H2,1-3H3. The smallest absolute Gasteiger partial charge is 0.122 e. The van der Waals surface area contributed by atoms with Crippen LogP contribution in [0.15, 0.2) is 22.7 Å². The fourth-order valence-corrected chi connectivity index (χ4v) is 2.17. The van der Waals surface area contributed by atoms with Crippen molar-refractivity contribution in [2.45, 2.75) is 38.3 Å². The Kier molecular flexibility index (Phi) is 5.43. The molecule has 0 heterocycles. The molecular formula is C13H20BrNO2. The van der Waals surface area contributed by atoms with Crippen LogP contribution in [0.5, 0.6) is 5.75 Å². The molecular weight excluding hydrogens is 282 g/mol. The van der Waals surface area contributed by atoms with Gasteiger partial charge in [-0.25, -0.2) is 0 Å². The molecule has 0 spiro atoms. The molecule has 1 aromatic rings. The lowest BCUT2D eigenvalue weighted by Crippen LogP contribution is -2.32. The fraction of sp³-hybridized carbons (Fsp3) is 0.538. The van der Waals surface area contributed by atoms with E-state index in [9.17, 15) is 5.11 Å². The molecule has 96 valence electrons. The molecule has 0 aliphatic rings. The van der Waals surface area contributed by atoms with Gasteiger partial charge in [0.2, 0.25) is 0 Å². The molecule has 3 nitrogen and oxygen atoms in total. The minimum Gasteiger partial charge on any atom is -0.496 e. The van der Waals surface area contributed by atoms with E-state index in [1.165, 1.54) is 0 Å². The summed E-state index contributed by atoms with van der Waals surface area (Å²) >= 11 is 3.45. The second-order valence-electron chi connectivity index (χ2n) is 4.45. The summed E-state index contributed by atoms with van der Waals surface area (Å²) in [6.07, 6.45) is 0.137. The number of halogens is 1. The second-order valence-corrected chi connectivity index (χ2v) is 5.37. The lowest BCUT2D eigenvalue weighted by molar-refractivity contribution is 0.134. The molecule has 17 heavy (non-hydrogen) atoms. The molecule has 1 rings (SSSR count). The van der Waals surface area contributed by atoms with Gasteiger partial charge in [-0.3, -0.25) is 0 Å². The van der Waals surface area contributed by atoms with E-state index in [-0.39, 0.29) is 12.0 Å². The molecule has 0 radical (unpaired) electrons. The maximum Gasteiger partial charge on any atom is 0.122 e. The number of aliphatic hydroxyl groups is 1. The van der Waals surface area contributed by atoms with Crippen LogP contribution in [-0.4, -0.2) is 24.4 Å². The number of ether oxygens (including phenoxy) is 1. The van der Waals surface area contributed by atoms with Crippen molar-refractivity contribution in [2.75, 3.05) is 7.11 Å². The summed E-state index contributed by atoms with van der Waals surface area (Å²) in [6, 6.07) is 5.68. The topological polar surface area (TPSA) is 55.5 Å². The van der Waals surface area contributed by atoms with E-state index in [0.717, 1.165) is 15.8 Å². The van der Waals surface area contributed by atoms with E-state index < -0.39 is 6.10 Å². The molecule has 0 amide bonds. The lowest BCUT2D eigenvalue weighted by atomic mass is 9.92. The first-order valence-corrected chi connectivity index (χ1v) is 6.52. The molecule has 0 saturated heterocycles. The normalized spacial score (nSPS) is 16.4. The van der Waals surface area contributed by atoms with E-state index >= 15 is 0 Å². The van der Waals surface area contributed by atoms with Crippen LogP contribution in [0.4, 0.5) is 0 Å². The van der Waals surface area contributed by atoms with E-state index in [0.29, 0.717) is 6.42 Å². The van der Waals surface area contributed by atoms with Gasteiger partial charge in [-0.05, 0) is 43.0 Å². The lowest BCUT2D eigenvalue weighted by Gasteiger charge is -2.21. The van der Waals surface area contributed by atoms with Crippen molar-refractivity contribution in [2.24, 2.45) is 5.73 Å². The third-order valence-electron chi connectivity index (χ3n) is 2.92. The molecule has 1 aromatic carbocycles. The quantitative estimate of drug-likeness (QED) is 0.879. The maximum absolute atomic E-state index is 9.81. The number of hydrogen-bond donors (Lipinski definition) is 2. The summed E-state index contributed by atoms with van der Waals surface area (Å²) in [4.78, 5) is 0. The minimum atomic E-state index is -0.492. The van der Waals surface area contributed by atoms with E-state index in [4.69, 9.17) is 10.5 Å². The summed E-state index contributed by atoms with van der Waals surface area (Å²) in [5.41, 5.74) is 6.76. The summed E-state index contributed by atoms with van der Waals surface area (Å²) in [5, 5.41) is 9.81. The maximum atomic E-state index is 9.81. The average molecular weight is 302 g/mol. The summed E-state index contributed by atoms with van der Waals surface area (Å²) in [6.45, 7) is 3.88. The molecule has 0 aliphatic carbocycles. The fourth-order valence-electron chi connectivity index (χ4n) is 1.79. The van der Waals surface area contributed by atoms with E-state index in [1.807, 2.05) is 25.1 Å². The first-order valence-electron chi connectivity index (χ1n) is 5.72. The van der Waals surface area contributed by atoms with Crippen molar-refractivity contribution in [3.8, 4) is 5.75 Å². The zero-order valence-electron chi connectivity index (χ0n) is 10.5. The van der Waals surface area contributed by atoms with Crippen LogP contribution in [0.1, 0.15) is 31.7 Å². The zero-order chi connectivity index (χ0) is 13.0. The Hall–Kier alpha value is -0.580. The van der Waals surface area contributed by atoms with Crippen molar-refractivity contribution >= 4 is 15.9 Å². The molecule has 3 atom stereocenters. The van der Waals surface area contributed by atoms with Crippen LogP contribution in [0.2, 0.25) is 0 Å². The van der Waals surface area contributed by atoms with E-state index in [2.05, 4.69) is 22.9 Å². The SMILES string of the molecule is COc1ccc(Br)cc1C(C)CC(O)C(C)N. The minimum absolute atomic E-state index is 0.198. The van der Waals surface area contributed by atoms with Gasteiger partial charge in [0.1, 0.15) is 5.75 Å². The van der Waals surface area contributed by atoms with Crippen LogP contribution in [-0.2, 0) is 0 Å². The Labute approximate surface area is 111 Å². The Bertz CT molecular complexity index is 368. The highest BCUT2D eigenvalue weighted by Crippen LogP contribution is 2.32. The number of rotatable bonds is 5. The number of benzene rings is 1. The Balaban J connectivity index is 2.87. The van der Waals surface area contributed by atoms with Crippen molar-refractivity contribution in [3.05, 3.63) is 28.2 Å². The number of aliphatic hydroxyl groups excluding tert-OH is 1. The van der Waals surface area contributed by atoms with Gasteiger partial charge >= 0.3 is 0 Å². The number of methoxy groups -OCH3 is 1. The Morgan fingerprint density at radius 2 is 2.06 bits per heavy atom. The summed E-state index contributed by atoms with van der Waals surface area (Å²) < 4.78 is 6.34. The van der Waals surface area contributed by atoms with Gasteiger partial charge in [0.25, 0.3) is 0 Å². The number of nitrogens with two attached hydrogens (primary N) is 1.